The molecule has 32 heavy (non-hydrogen) atoms. The maximum Gasteiger partial charge on any atom is 0.380 e. The Morgan fingerprint density at radius 1 is 0.969 bits per heavy atom. The van der Waals surface area contributed by atoms with Crippen LogP contribution in [0.2, 0.25) is 0 Å². The van der Waals surface area contributed by atoms with E-state index in [0.717, 1.165) is 31.1 Å². The predicted octanol–water partition coefficient (Wildman–Crippen LogP) is 3.46. The lowest BCUT2D eigenvalue weighted by molar-refractivity contribution is 0.0705. The van der Waals surface area contributed by atoms with Crippen LogP contribution in [0, 0.1) is 11.8 Å². The largest absolute Gasteiger partial charge is 0.380 e. The second kappa shape index (κ2) is 7.54. The lowest BCUT2D eigenvalue weighted by atomic mass is 9.70. The molecule has 4 bridgehead atoms. The summed E-state index contributed by atoms with van der Waals surface area (Å²) in [7, 11) is -4.77. The number of fused-ring (bicyclic) bond motifs is 5. The molecule has 0 amide bonds. The maximum absolute atomic E-state index is 13.2. The molecule has 1 aromatic heterocycles. The SMILES string of the molecule is O=c1c(P(=O)(O)O)nc2ccccc2n1[C@H]1C=C2CC[C@@H](C1)N2[C@H]1C[C@@H]2CCC[C@@H](C2)C1. The van der Waals surface area contributed by atoms with Crippen LogP contribution in [0.25, 0.3) is 11.0 Å². The van der Waals surface area contributed by atoms with Gasteiger partial charge in [-0.3, -0.25) is 13.9 Å². The van der Waals surface area contributed by atoms with Gasteiger partial charge in [0.2, 0.25) is 5.44 Å². The van der Waals surface area contributed by atoms with Crippen molar-refractivity contribution in [3.8, 4) is 0 Å². The molecule has 0 radical (unpaired) electrons. The minimum Gasteiger partial charge on any atom is -0.369 e. The van der Waals surface area contributed by atoms with Gasteiger partial charge >= 0.3 is 7.60 Å². The van der Waals surface area contributed by atoms with Crippen LogP contribution in [-0.2, 0) is 4.57 Å². The van der Waals surface area contributed by atoms with E-state index in [4.69, 9.17) is 0 Å². The van der Waals surface area contributed by atoms with Crippen molar-refractivity contribution in [2.75, 3.05) is 0 Å². The van der Waals surface area contributed by atoms with E-state index in [1.807, 2.05) is 12.1 Å². The molecule has 2 aliphatic heterocycles. The molecule has 2 aliphatic carbocycles. The summed E-state index contributed by atoms with van der Waals surface area (Å²) in [6, 6.07) is 7.94. The normalized spacial score (nSPS) is 32.2. The highest BCUT2D eigenvalue weighted by Gasteiger charge is 2.43. The second-order valence-corrected chi connectivity index (χ2v) is 11.7. The minimum absolute atomic E-state index is 0.206. The number of hydrogen-bond donors (Lipinski definition) is 2. The van der Waals surface area contributed by atoms with Crippen LogP contribution in [0.15, 0.2) is 40.8 Å². The predicted molar refractivity (Wildman–Crippen MR) is 123 cm³/mol. The van der Waals surface area contributed by atoms with Gasteiger partial charge in [0.25, 0.3) is 5.56 Å². The van der Waals surface area contributed by atoms with Crippen molar-refractivity contribution in [3.05, 3.63) is 46.4 Å². The number of benzene rings is 1. The summed E-state index contributed by atoms with van der Waals surface area (Å²) in [4.78, 5) is 39.5. The topological polar surface area (TPSA) is 95.7 Å². The molecule has 1 aromatic carbocycles. The van der Waals surface area contributed by atoms with E-state index in [0.29, 0.717) is 23.1 Å². The van der Waals surface area contributed by atoms with E-state index in [1.54, 1.807) is 16.7 Å². The van der Waals surface area contributed by atoms with Crippen molar-refractivity contribution in [2.45, 2.75) is 75.9 Å². The van der Waals surface area contributed by atoms with Crippen molar-refractivity contribution in [1.29, 1.82) is 0 Å². The third-order valence-corrected chi connectivity index (χ3v) is 9.08. The summed E-state index contributed by atoms with van der Waals surface area (Å²) < 4.78 is 13.6. The Balaban J connectivity index is 1.41. The van der Waals surface area contributed by atoms with Crippen LogP contribution in [0.3, 0.4) is 0 Å². The van der Waals surface area contributed by atoms with Gasteiger partial charge in [-0.2, -0.15) is 0 Å². The fourth-order valence-corrected chi connectivity index (χ4v) is 7.68. The highest BCUT2D eigenvalue weighted by Crippen LogP contribution is 2.48. The first-order valence-electron chi connectivity index (χ1n) is 11.9. The van der Waals surface area contributed by atoms with Crippen molar-refractivity contribution < 1.29 is 14.4 Å². The zero-order valence-electron chi connectivity index (χ0n) is 18.1. The van der Waals surface area contributed by atoms with Crippen LogP contribution >= 0.6 is 7.60 Å². The monoisotopic (exact) mass is 455 g/mol. The first-order chi connectivity index (χ1) is 15.4. The van der Waals surface area contributed by atoms with Crippen LogP contribution in [0.5, 0.6) is 0 Å². The summed E-state index contributed by atoms with van der Waals surface area (Å²) in [5.74, 6) is 1.73. The molecule has 6 rings (SSSR count). The lowest BCUT2D eigenvalue weighted by Gasteiger charge is -2.47. The number of para-hydroxylation sites is 2. The van der Waals surface area contributed by atoms with E-state index in [2.05, 4.69) is 16.0 Å². The van der Waals surface area contributed by atoms with Gasteiger partial charge in [0.05, 0.1) is 17.1 Å². The van der Waals surface area contributed by atoms with Crippen molar-refractivity contribution >= 4 is 24.1 Å². The van der Waals surface area contributed by atoms with Gasteiger partial charge in [-0.25, -0.2) is 4.98 Å². The fourth-order valence-electron chi connectivity index (χ4n) is 7.08. The first-order valence-corrected chi connectivity index (χ1v) is 13.6. The summed E-state index contributed by atoms with van der Waals surface area (Å²) in [5.41, 5.74) is 1.08. The molecule has 2 N–H and O–H groups in total. The summed E-state index contributed by atoms with van der Waals surface area (Å²) in [6.45, 7) is 0. The zero-order chi connectivity index (χ0) is 22.0. The number of aromatic nitrogens is 2. The molecule has 5 atom stereocenters. The van der Waals surface area contributed by atoms with E-state index in [9.17, 15) is 19.1 Å². The van der Waals surface area contributed by atoms with Gasteiger partial charge in [0.15, 0.2) is 0 Å². The molecule has 0 unspecified atom stereocenters. The van der Waals surface area contributed by atoms with Crippen LogP contribution in [0.4, 0.5) is 0 Å². The Morgan fingerprint density at radius 2 is 1.72 bits per heavy atom. The molecule has 0 spiro atoms. The molecule has 4 aliphatic rings. The molecule has 2 aromatic rings. The lowest BCUT2D eigenvalue weighted by Crippen LogP contribution is -2.47. The van der Waals surface area contributed by atoms with Crippen LogP contribution in [-0.4, -0.2) is 36.3 Å². The Kier molecular flexibility index (Phi) is 4.87. The molecule has 3 fully saturated rings. The summed E-state index contributed by atoms with van der Waals surface area (Å²) in [5, 5.41) is 0. The van der Waals surface area contributed by atoms with Crippen molar-refractivity contribution in [3.63, 3.8) is 0 Å². The van der Waals surface area contributed by atoms with Gasteiger partial charge in [-0.05, 0) is 68.6 Å². The molecule has 2 saturated carbocycles. The van der Waals surface area contributed by atoms with Gasteiger partial charge in [0, 0.05) is 17.8 Å². The molecular weight excluding hydrogens is 425 g/mol. The third kappa shape index (κ3) is 3.37. The first kappa shape index (κ1) is 20.6. The van der Waals surface area contributed by atoms with Crippen LogP contribution < -0.4 is 11.0 Å². The van der Waals surface area contributed by atoms with Gasteiger partial charge in [-0.15, -0.1) is 0 Å². The Labute approximate surface area is 187 Å². The van der Waals surface area contributed by atoms with Crippen molar-refractivity contribution in [1.82, 2.24) is 14.5 Å². The van der Waals surface area contributed by atoms with E-state index in [1.165, 1.54) is 44.2 Å². The van der Waals surface area contributed by atoms with E-state index < -0.39 is 18.6 Å². The zero-order valence-corrected chi connectivity index (χ0v) is 19.0. The third-order valence-electron chi connectivity index (χ3n) is 8.24. The van der Waals surface area contributed by atoms with E-state index >= 15 is 0 Å². The van der Waals surface area contributed by atoms with Crippen molar-refractivity contribution in [2.24, 2.45) is 11.8 Å². The van der Waals surface area contributed by atoms with Crippen LogP contribution in [0.1, 0.15) is 63.8 Å². The smallest absolute Gasteiger partial charge is 0.369 e. The maximum atomic E-state index is 13.2. The second-order valence-electron chi connectivity index (χ2n) is 10.2. The fraction of sp³-hybridized carbons (Fsp3) is 0.583. The molecular formula is C24H30N3O4P. The summed E-state index contributed by atoms with van der Waals surface area (Å²) >= 11 is 0. The minimum atomic E-state index is -4.77. The van der Waals surface area contributed by atoms with Gasteiger partial charge < -0.3 is 14.7 Å². The average molecular weight is 455 g/mol. The highest BCUT2D eigenvalue weighted by molar-refractivity contribution is 7.59. The number of hydrogen-bond acceptors (Lipinski definition) is 4. The standard InChI is InChI=1S/C24H30N3O4P/c28-24-23(32(29,30)31)25-21-6-1-2-7-22(21)27(24)20-13-17-8-9-18(14-20)26(17)19-11-15-4-3-5-16(10-15)12-19/h1-2,6-7,13,15-16,18-20H,3-5,8-12,14H2,(H2,29,30,31)/t15-,16+,18-,19+,20-/m0/s1. The number of rotatable bonds is 3. The van der Waals surface area contributed by atoms with Gasteiger partial charge in [0.1, 0.15) is 0 Å². The number of nitrogens with zero attached hydrogens (tertiary/aromatic N) is 3. The van der Waals surface area contributed by atoms with Gasteiger partial charge in [-0.1, -0.05) is 31.4 Å². The molecule has 7 nitrogen and oxygen atoms in total. The highest BCUT2D eigenvalue weighted by atomic mass is 31.2. The molecule has 1 saturated heterocycles. The molecule has 3 heterocycles. The Hall–Kier alpha value is -1.95. The number of allylic oxidation sites excluding steroid dienone is 2. The quantitative estimate of drug-likeness (QED) is 0.689. The molecule has 170 valence electrons. The molecule has 8 heteroatoms. The van der Waals surface area contributed by atoms with E-state index in [-0.39, 0.29) is 6.04 Å². The average Bonchev–Trinajstić information content (AvgIpc) is 3.02. The Bertz CT molecular complexity index is 1190. The summed E-state index contributed by atoms with van der Waals surface area (Å²) in [6.07, 6.45) is 13.2. The Morgan fingerprint density at radius 3 is 2.44 bits per heavy atom.